The Morgan fingerprint density at radius 1 is 0.531 bits per heavy atom. The van der Waals surface area contributed by atoms with Gasteiger partial charge in [-0.1, -0.05) is 77.6 Å². The van der Waals surface area contributed by atoms with Crippen LogP contribution in [-0.4, -0.2) is 0 Å². The fraction of sp³-hybridized carbons (Fsp3) is 0.552. The van der Waals surface area contributed by atoms with Crippen LogP contribution in [0.3, 0.4) is 0 Å². The Balaban J connectivity index is 0.00000114. The van der Waals surface area contributed by atoms with Crippen molar-refractivity contribution >= 4 is 17.0 Å². The summed E-state index contributed by atoms with van der Waals surface area (Å²) in [6.45, 7) is 9.22. The van der Waals surface area contributed by atoms with Gasteiger partial charge in [0, 0.05) is 6.42 Å². The number of fused-ring (bicyclic) bond motifs is 3. The van der Waals surface area contributed by atoms with E-state index < -0.39 is 20.8 Å². The molecule has 0 spiro atoms. The van der Waals surface area contributed by atoms with Crippen LogP contribution >= 0.6 is 17.0 Å². The van der Waals surface area contributed by atoms with Crippen LogP contribution in [0.15, 0.2) is 24.3 Å². The molecule has 0 saturated carbocycles. The fourth-order valence-electron chi connectivity index (χ4n) is 4.69. The summed E-state index contributed by atoms with van der Waals surface area (Å²) < 4.78 is 0. The minimum atomic E-state index is -0.826. The molecule has 2 aromatic carbocycles. The molecule has 0 nitrogen and oxygen atoms in total. The SMILES string of the molecule is CCCCc1cc2c(cc1CCCC)-c1cc(CCCC)c(CCCC)cc1[CH]2.[Cl][Zr][Cl]. The molecule has 2 aromatic rings. The van der Waals surface area contributed by atoms with Crippen LogP contribution in [0, 0.1) is 6.42 Å². The molecule has 0 amide bonds. The van der Waals surface area contributed by atoms with Gasteiger partial charge in [0.1, 0.15) is 0 Å². The van der Waals surface area contributed by atoms with Gasteiger partial charge in [-0.25, -0.2) is 0 Å². The van der Waals surface area contributed by atoms with Crippen LogP contribution < -0.4 is 0 Å². The van der Waals surface area contributed by atoms with Gasteiger partial charge in [0.2, 0.25) is 0 Å². The van der Waals surface area contributed by atoms with E-state index in [4.69, 9.17) is 17.0 Å². The molecule has 175 valence electrons. The molecule has 0 unspecified atom stereocenters. The van der Waals surface area contributed by atoms with E-state index >= 15 is 0 Å². The van der Waals surface area contributed by atoms with E-state index in [1.54, 1.807) is 22.3 Å². The van der Waals surface area contributed by atoms with Crippen molar-refractivity contribution in [1.82, 2.24) is 0 Å². The first kappa shape index (κ1) is 28.1. The Labute approximate surface area is 216 Å². The number of halogens is 2. The Bertz CT molecular complexity index is 761. The minimum absolute atomic E-state index is 0.826. The monoisotopic (exact) mass is 549 g/mol. The van der Waals surface area contributed by atoms with Gasteiger partial charge in [-0.2, -0.15) is 0 Å². The fourth-order valence-corrected chi connectivity index (χ4v) is 4.69. The normalized spacial score (nSPS) is 11.6. The van der Waals surface area contributed by atoms with Gasteiger partial charge >= 0.3 is 37.9 Å². The molecule has 0 N–H and O–H groups in total. The third kappa shape index (κ3) is 7.99. The molecule has 0 heterocycles. The van der Waals surface area contributed by atoms with Crippen LogP contribution in [0.5, 0.6) is 0 Å². The van der Waals surface area contributed by atoms with Crippen molar-refractivity contribution in [2.24, 2.45) is 0 Å². The number of benzene rings is 2. The molecule has 0 fully saturated rings. The summed E-state index contributed by atoms with van der Waals surface area (Å²) in [4.78, 5) is 0. The van der Waals surface area contributed by atoms with Gasteiger partial charge in [0.15, 0.2) is 0 Å². The van der Waals surface area contributed by atoms with E-state index in [0.717, 1.165) is 0 Å². The van der Waals surface area contributed by atoms with Crippen molar-refractivity contribution in [1.29, 1.82) is 0 Å². The van der Waals surface area contributed by atoms with E-state index in [1.807, 2.05) is 0 Å². The van der Waals surface area contributed by atoms with Gasteiger partial charge < -0.3 is 0 Å². The Hall–Kier alpha value is -0.0969. The zero-order valence-electron chi connectivity index (χ0n) is 20.6. The molecule has 0 bridgehead atoms. The first-order valence-electron chi connectivity index (χ1n) is 12.8. The zero-order valence-corrected chi connectivity index (χ0v) is 24.6. The summed E-state index contributed by atoms with van der Waals surface area (Å²) in [5.74, 6) is 0. The molecule has 0 aliphatic heterocycles. The van der Waals surface area contributed by atoms with Crippen LogP contribution in [0.25, 0.3) is 11.1 Å². The van der Waals surface area contributed by atoms with Gasteiger partial charge in [-0.05, 0) is 95.9 Å². The predicted octanol–water partition coefficient (Wildman–Crippen LogP) is 10.0. The van der Waals surface area contributed by atoms with Crippen LogP contribution in [0.4, 0.5) is 0 Å². The summed E-state index contributed by atoms with van der Waals surface area (Å²) >= 11 is -0.826. The third-order valence-electron chi connectivity index (χ3n) is 6.54. The van der Waals surface area contributed by atoms with Crippen LogP contribution in [-0.2, 0) is 46.5 Å². The van der Waals surface area contributed by atoms with Crippen molar-refractivity contribution in [2.75, 3.05) is 0 Å². The summed E-state index contributed by atoms with van der Waals surface area (Å²) in [5.41, 5.74) is 12.3. The molecule has 1 aliphatic carbocycles. The van der Waals surface area contributed by atoms with Crippen molar-refractivity contribution in [3.05, 3.63) is 64.1 Å². The van der Waals surface area contributed by atoms with Gasteiger partial charge in [0.25, 0.3) is 0 Å². The third-order valence-corrected chi connectivity index (χ3v) is 6.54. The number of hydrogen-bond donors (Lipinski definition) is 0. The average molecular weight is 552 g/mol. The molecule has 1 radical (unpaired) electrons. The van der Waals surface area contributed by atoms with Gasteiger partial charge in [-0.15, -0.1) is 0 Å². The van der Waals surface area contributed by atoms with E-state index in [9.17, 15) is 0 Å². The number of hydrogen-bond acceptors (Lipinski definition) is 0. The van der Waals surface area contributed by atoms with Gasteiger partial charge in [0.05, 0.1) is 0 Å². The molecular formula is C29H41Cl2Zr. The van der Waals surface area contributed by atoms with Gasteiger partial charge in [-0.3, -0.25) is 0 Å². The maximum atomic E-state index is 4.93. The number of rotatable bonds is 12. The molecule has 1 aliphatic rings. The molecule has 32 heavy (non-hydrogen) atoms. The Kier molecular flexibility index (Phi) is 13.8. The maximum absolute atomic E-state index is 4.93. The quantitative estimate of drug-likeness (QED) is 0.210. The van der Waals surface area contributed by atoms with Crippen molar-refractivity contribution < 1.29 is 20.8 Å². The summed E-state index contributed by atoms with van der Waals surface area (Å²) in [6, 6.07) is 10.1. The molecular weight excluding hydrogens is 510 g/mol. The summed E-state index contributed by atoms with van der Waals surface area (Å²) in [5, 5.41) is 0. The summed E-state index contributed by atoms with van der Waals surface area (Å²) in [7, 11) is 9.87. The average Bonchev–Trinajstić information content (AvgIpc) is 3.14. The zero-order chi connectivity index (χ0) is 23.3. The van der Waals surface area contributed by atoms with E-state index in [1.165, 1.54) is 99.3 Å². The molecule has 0 saturated heterocycles. The second-order valence-corrected chi connectivity index (χ2v) is 12.8. The molecule has 0 aromatic heterocycles. The summed E-state index contributed by atoms with van der Waals surface area (Å²) in [6.07, 6.45) is 17.7. The standard InChI is InChI=1S/C29H41.2ClH.Zr/c1-5-9-13-22-17-26-19-27-18-23(14-10-6-2)25(16-12-8-4)21-29(27)28(26)20-24(22)15-11-7-3;;;/h17-21H,5-16H2,1-4H3;2*1H;/q;;;+2/p-2. The van der Waals surface area contributed by atoms with Crippen molar-refractivity contribution in [3.63, 3.8) is 0 Å². The van der Waals surface area contributed by atoms with E-state index in [0.29, 0.717) is 0 Å². The number of aryl methyl sites for hydroxylation is 4. The second-order valence-electron chi connectivity index (χ2n) is 9.05. The Morgan fingerprint density at radius 3 is 1.09 bits per heavy atom. The Morgan fingerprint density at radius 2 is 0.812 bits per heavy atom. The van der Waals surface area contributed by atoms with Crippen LogP contribution in [0.2, 0.25) is 0 Å². The molecule has 3 rings (SSSR count). The molecule has 3 heteroatoms. The second kappa shape index (κ2) is 15.7. The first-order valence-corrected chi connectivity index (χ1v) is 19.1. The van der Waals surface area contributed by atoms with Crippen LogP contribution in [0.1, 0.15) is 112 Å². The van der Waals surface area contributed by atoms with Crippen molar-refractivity contribution in [3.8, 4) is 11.1 Å². The first-order chi connectivity index (χ1) is 15.6. The number of unbranched alkanes of at least 4 members (excludes halogenated alkanes) is 4. The predicted molar refractivity (Wildman–Crippen MR) is 141 cm³/mol. The van der Waals surface area contributed by atoms with E-state index in [2.05, 4.69) is 58.4 Å². The molecule has 0 atom stereocenters. The van der Waals surface area contributed by atoms with Crippen molar-refractivity contribution in [2.45, 2.75) is 105 Å². The topological polar surface area (TPSA) is 0 Å². The van der Waals surface area contributed by atoms with E-state index in [-0.39, 0.29) is 0 Å².